The number of aromatic nitrogens is 1. The second-order valence-electron chi connectivity index (χ2n) is 8.02. The Morgan fingerprint density at radius 3 is 2.58 bits per heavy atom. The highest BCUT2D eigenvalue weighted by atomic mass is 16.5. The van der Waals surface area contributed by atoms with E-state index in [4.69, 9.17) is 15.0 Å². The van der Waals surface area contributed by atoms with Gasteiger partial charge in [-0.3, -0.25) is 4.79 Å². The molecule has 7 nitrogen and oxygen atoms in total. The fourth-order valence-corrected chi connectivity index (χ4v) is 3.42. The number of carbonyl (C=O) groups is 1. The Kier molecular flexibility index (Phi) is 6.97. The third-order valence-electron chi connectivity index (χ3n) is 4.98. The van der Waals surface area contributed by atoms with Gasteiger partial charge in [-0.05, 0) is 77.2 Å². The molecular weight excluding hydrogens is 392 g/mol. The fourth-order valence-electron chi connectivity index (χ4n) is 3.42. The predicted molar refractivity (Wildman–Crippen MR) is 123 cm³/mol. The van der Waals surface area contributed by atoms with E-state index in [1.54, 1.807) is 6.07 Å². The van der Waals surface area contributed by atoms with Gasteiger partial charge in [0.05, 0.1) is 5.69 Å². The van der Waals surface area contributed by atoms with Crippen LogP contribution in [-0.4, -0.2) is 36.6 Å². The molecular formula is C24H30N4O3. The number of nitrogen functional groups attached to an aromatic ring is 1. The van der Waals surface area contributed by atoms with E-state index < -0.39 is 0 Å². The van der Waals surface area contributed by atoms with E-state index in [-0.39, 0.29) is 5.91 Å². The summed E-state index contributed by atoms with van der Waals surface area (Å²) in [5.41, 5.74) is 11.0. The fraction of sp³-hybridized carbons (Fsp3) is 0.333. The molecule has 0 aliphatic heterocycles. The van der Waals surface area contributed by atoms with Crippen LogP contribution in [0.5, 0.6) is 11.5 Å². The monoisotopic (exact) mass is 422 g/mol. The quantitative estimate of drug-likeness (QED) is 0.500. The SMILES string of the molecule is Cc1ccc(Oc2cc(N)cc(-c3c(C)noc3C)c2)cc1NC(=O)CCCN(C)C. The zero-order chi connectivity index (χ0) is 22.5. The molecule has 0 atom stereocenters. The first kappa shape index (κ1) is 22.4. The van der Waals surface area contributed by atoms with Crippen LogP contribution >= 0.6 is 0 Å². The van der Waals surface area contributed by atoms with Gasteiger partial charge in [0.1, 0.15) is 17.3 Å². The number of hydrogen-bond donors (Lipinski definition) is 2. The van der Waals surface area contributed by atoms with E-state index in [0.717, 1.165) is 46.8 Å². The molecule has 0 saturated heterocycles. The summed E-state index contributed by atoms with van der Waals surface area (Å²) in [6, 6.07) is 11.2. The first-order valence-corrected chi connectivity index (χ1v) is 10.3. The van der Waals surface area contributed by atoms with Crippen LogP contribution in [0.4, 0.5) is 11.4 Å². The molecule has 0 bridgehead atoms. The third kappa shape index (κ3) is 5.86. The van der Waals surface area contributed by atoms with Crippen molar-refractivity contribution in [3.8, 4) is 22.6 Å². The number of benzene rings is 2. The molecule has 0 fully saturated rings. The maximum Gasteiger partial charge on any atom is 0.224 e. The standard InChI is InChI=1S/C24H30N4O3/c1-15-8-9-20(14-22(15)26-23(29)7-6-10-28(4)5)30-21-12-18(11-19(25)13-21)24-16(2)27-31-17(24)3/h8-9,11-14H,6-7,10,25H2,1-5H3,(H,26,29). The molecule has 7 heteroatoms. The van der Waals surface area contributed by atoms with Gasteiger partial charge in [0.25, 0.3) is 0 Å². The highest BCUT2D eigenvalue weighted by Gasteiger charge is 2.14. The Labute approximate surface area is 183 Å². The molecule has 0 unspecified atom stereocenters. The minimum absolute atomic E-state index is 0.00764. The number of amides is 1. The van der Waals surface area contributed by atoms with Crippen molar-refractivity contribution in [1.82, 2.24) is 10.1 Å². The average Bonchev–Trinajstić information content (AvgIpc) is 3.02. The van der Waals surface area contributed by atoms with Crippen molar-refractivity contribution in [2.24, 2.45) is 0 Å². The maximum absolute atomic E-state index is 12.3. The number of carbonyl (C=O) groups excluding carboxylic acids is 1. The summed E-state index contributed by atoms with van der Waals surface area (Å²) in [4.78, 5) is 14.4. The lowest BCUT2D eigenvalue weighted by Gasteiger charge is -2.13. The van der Waals surface area contributed by atoms with Gasteiger partial charge in [0.15, 0.2) is 0 Å². The lowest BCUT2D eigenvalue weighted by atomic mass is 10.0. The topological polar surface area (TPSA) is 93.6 Å². The molecule has 3 aromatic rings. The lowest BCUT2D eigenvalue weighted by Crippen LogP contribution is -2.17. The molecule has 2 aromatic carbocycles. The molecule has 164 valence electrons. The summed E-state index contributed by atoms with van der Waals surface area (Å²) < 4.78 is 11.4. The summed E-state index contributed by atoms with van der Waals surface area (Å²) in [5, 5.41) is 7.00. The van der Waals surface area contributed by atoms with E-state index in [2.05, 4.69) is 15.4 Å². The van der Waals surface area contributed by atoms with Crippen LogP contribution in [0.3, 0.4) is 0 Å². The maximum atomic E-state index is 12.3. The van der Waals surface area contributed by atoms with Gasteiger partial charge in [-0.1, -0.05) is 11.2 Å². The molecule has 3 N–H and O–H groups in total. The van der Waals surface area contributed by atoms with Crippen LogP contribution < -0.4 is 15.8 Å². The van der Waals surface area contributed by atoms with E-state index in [9.17, 15) is 4.79 Å². The van der Waals surface area contributed by atoms with Crippen molar-refractivity contribution in [3.05, 3.63) is 53.4 Å². The van der Waals surface area contributed by atoms with Gasteiger partial charge in [0.2, 0.25) is 5.91 Å². The highest BCUT2D eigenvalue weighted by molar-refractivity contribution is 5.91. The Bertz CT molecular complexity index is 1050. The summed E-state index contributed by atoms with van der Waals surface area (Å²) in [6.07, 6.45) is 1.28. The molecule has 0 aliphatic carbocycles. The number of nitrogens with one attached hydrogen (secondary N) is 1. The minimum atomic E-state index is -0.00764. The van der Waals surface area contributed by atoms with Gasteiger partial charge in [-0.15, -0.1) is 0 Å². The van der Waals surface area contributed by atoms with Gasteiger partial charge in [-0.2, -0.15) is 0 Å². The van der Waals surface area contributed by atoms with Crippen LogP contribution in [0.1, 0.15) is 29.9 Å². The molecule has 1 aromatic heterocycles. The van der Waals surface area contributed by atoms with E-state index in [0.29, 0.717) is 23.6 Å². The lowest BCUT2D eigenvalue weighted by molar-refractivity contribution is -0.116. The molecule has 0 spiro atoms. The second-order valence-corrected chi connectivity index (χ2v) is 8.02. The average molecular weight is 423 g/mol. The van der Waals surface area contributed by atoms with Crippen molar-refractivity contribution >= 4 is 17.3 Å². The van der Waals surface area contributed by atoms with Crippen LogP contribution in [0, 0.1) is 20.8 Å². The highest BCUT2D eigenvalue weighted by Crippen LogP contribution is 2.34. The van der Waals surface area contributed by atoms with Crippen LogP contribution in [0.25, 0.3) is 11.1 Å². The first-order chi connectivity index (χ1) is 14.7. The van der Waals surface area contributed by atoms with Gasteiger partial charge in [0, 0.05) is 35.5 Å². The number of hydrogen-bond acceptors (Lipinski definition) is 6. The molecule has 31 heavy (non-hydrogen) atoms. The minimum Gasteiger partial charge on any atom is -0.457 e. The molecule has 0 aliphatic rings. The largest absolute Gasteiger partial charge is 0.457 e. The third-order valence-corrected chi connectivity index (χ3v) is 4.98. The summed E-state index contributed by atoms with van der Waals surface area (Å²) in [7, 11) is 3.99. The number of ether oxygens (including phenoxy) is 1. The number of rotatable bonds is 8. The van der Waals surface area contributed by atoms with E-state index >= 15 is 0 Å². The zero-order valence-corrected chi connectivity index (χ0v) is 18.8. The first-order valence-electron chi connectivity index (χ1n) is 10.3. The smallest absolute Gasteiger partial charge is 0.224 e. The number of nitrogens with zero attached hydrogens (tertiary/aromatic N) is 2. The molecule has 1 heterocycles. The molecule has 3 rings (SSSR count). The molecule has 0 radical (unpaired) electrons. The van der Waals surface area contributed by atoms with Crippen LogP contribution in [-0.2, 0) is 4.79 Å². The second kappa shape index (κ2) is 9.66. The summed E-state index contributed by atoms with van der Waals surface area (Å²) >= 11 is 0. The van der Waals surface area contributed by atoms with Crippen molar-refractivity contribution in [2.45, 2.75) is 33.6 Å². The zero-order valence-electron chi connectivity index (χ0n) is 18.8. The van der Waals surface area contributed by atoms with Crippen molar-refractivity contribution in [2.75, 3.05) is 31.7 Å². The van der Waals surface area contributed by atoms with Gasteiger partial charge in [-0.25, -0.2) is 0 Å². The normalized spacial score (nSPS) is 11.0. The number of nitrogens with two attached hydrogens (primary N) is 1. The number of anilines is 2. The number of aryl methyl sites for hydroxylation is 3. The Hall–Kier alpha value is -3.32. The van der Waals surface area contributed by atoms with Gasteiger partial charge < -0.3 is 25.2 Å². The van der Waals surface area contributed by atoms with Crippen molar-refractivity contribution in [1.29, 1.82) is 0 Å². The predicted octanol–water partition coefficient (Wildman–Crippen LogP) is 4.92. The summed E-state index contributed by atoms with van der Waals surface area (Å²) in [6.45, 7) is 6.59. The van der Waals surface area contributed by atoms with E-state index in [1.165, 1.54) is 0 Å². The van der Waals surface area contributed by atoms with E-state index in [1.807, 2.05) is 65.2 Å². The summed E-state index contributed by atoms with van der Waals surface area (Å²) in [5.74, 6) is 1.93. The van der Waals surface area contributed by atoms with Crippen LogP contribution in [0.2, 0.25) is 0 Å². The molecule has 1 amide bonds. The van der Waals surface area contributed by atoms with Crippen LogP contribution in [0.15, 0.2) is 40.9 Å². The van der Waals surface area contributed by atoms with Crippen molar-refractivity contribution < 1.29 is 14.1 Å². The Morgan fingerprint density at radius 1 is 1.13 bits per heavy atom. The van der Waals surface area contributed by atoms with Gasteiger partial charge >= 0.3 is 0 Å². The Balaban J connectivity index is 1.77. The van der Waals surface area contributed by atoms with Crippen molar-refractivity contribution in [3.63, 3.8) is 0 Å². The molecule has 0 saturated carbocycles. The Morgan fingerprint density at radius 2 is 1.90 bits per heavy atom.